The van der Waals surface area contributed by atoms with Crippen molar-refractivity contribution in [1.29, 1.82) is 0 Å². The summed E-state index contributed by atoms with van der Waals surface area (Å²) in [5, 5.41) is 8.12. The molecule has 21 heavy (non-hydrogen) atoms. The number of carbonyl (C=O) groups excluding carboxylic acids is 1. The standard InChI is InChI=1S/C13H30O5Si3/c1-8-9-13(19,18-21(5,6)7)11(12(14)17-15)10-16-20(2,3)4/h10,15H,8-9H2,1-7,19H3. The van der Waals surface area contributed by atoms with E-state index in [0.717, 1.165) is 6.42 Å². The topological polar surface area (TPSA) is 65.0 Å². The van der Waals surface area contributed by atoms with Crippen LogP contribution in [-0.4, -0.2) is 43.3 Å². The average Bonchev–Trinajstić information content (AvgIpc) is 2.24. The maximum absolute atomic E-state index is 12.0. The van der Waals surface area contributed by atoms with E-state index in [4.69, 9.17) is 14.1 Å². The molecule has 1 atom stereocenters. The minimum atomic E-state index is -1.87. The van der Waals surface area contributed by atoms with Crippen molar-refractivity contribution in [3.63, 3.8) is 0 Å². The van der Waals surface area contributed by atoms with Gasteiger partial charge < -0.3 is 8.85 Å². The zero-order valence-electron chi connectivity index (χ0n) is 14.6. The Balaban J connectivity index is 5.64. The first-order chi connectivity index (χ1) is 9.34. The second kappa shape index (κ2) is 7.73. The Morgan fingerprint density at radius 1 is 1.19 bits per heavy atom. The summed E-state index contributed by atoms with van der Waals surface area (Å²) < 4.78 is 12.0. The molecule has 0 bridgehead atoms. The second-order valence-corrected chi connectivity index (χ2v) is 17.8. The first-order valence-electron chi connectivity index (χ1n) is 7.29. The van der Waals surface area contributed by atoms with Gasteiger partial charge in [-0.15, -0.1) is 0 Å². The van der Waals surface area contributed by atoms with Crippen LogP contribution in [-0.2, 0) is 18.5 Å². The summed E-state index contributed by atoms with van der Waals surface area (Å²) in [5.74, 6) is -0.782. The molecule has 124 valence electrons. The molecule has 0 aromatic carbocycles. The molecule has 0 saturated heterocycles. The van der Waals surface area contributed by atoms with Gasteiger partial charge in [-0.3, -0.25) is 4.89 Å². The van der Waals surface area contributed by atoms with Gasteiger partial charge in [-0.05, 0) is 45.7 Å². The van der Waals surface area contributed by atoms with Crippen LogP contribution in [0.4, 0.5) is 0 Å². The molecule has 0 aliphatic carbocycles. The van der Waals surface area contributed by atoms with E-state index < -0.39 is 27.8 Å². The lowest BCUT2D eigenvalue weighted by Crippen LogP contribution is -2.47. The third-order valence-corrected chi connectivity index (χ3v) is 6.20. The van der Waals surface area contributed by atoms with Gasteiger partial charge in [0.25, 0.3) is 0 Å². The quantitative estimate of drug-likeness (QED) is 0.239. The molecule has 0 saturated carbocycles. The Bertz CT molecular complexity index is 384. The smallest absolute Gasteiger partial charge is 0.374 e. The van der Waals surface area contributed by atoms with Crippen LogP contribution >= 0.6 is 0 Å². The van der Waals surface area contributed by atoms with E-state index in [2.05, 4.69) is 24.5 Å². The average molecular weight is 351 g/mol. The van der Waals surface area contributed by atoms with E-state index in [1.807, 2.05) is 26.6 Å². The van der Waals surface area contributed by atoms with Crippen LogP contribution in [0.3, 0.4) is 0 Å². The molecule has 1 unspecified atom stereocenters. The highest BCUT2D eigenvalue weighted by Gasteiger charge is 2.39. The third kappa shape index (κ3) is 7.96. The van der Waals surface area contributed by atoms with Crippen LogP contribution in [0.15, 0.2) is 11.8 Å². The van der Waals surface area contributed by atoms with Gasteiger partial charge in [0, 0.05) is 10.2 Å². The minimum absolute atomic E-state index is 0.295. The lowest BCUT2D eigenvalue weighted by atomic mass is 10.1. The van der Waals surface area contributed by atoms with Crippen molar-refractivity contribution in [1.82, 2.24) is 0 Å². The SMILES string of the molecule is CCCC([SiH3])(O[Si](C)(C)C)C(=CO[Si](C)(C)C)C(=O)OO. The second-order valence-electron chi connectivity index (χ2n) is 7.34. The van der Waals surface area contributed by atoms with Crippen molar-refractivity contribution >= 4 is 32.8 Å². The van der Waals surface area contributed by atoms with Crippen LogP contribution in [0, 0.1) is 0 Å². The number of carbonyl (C=O) groups is 1. The lowest BCUT2D eigenvalue weighted by Gasteiger charge is -2.37. The highest BCUT2D eigenvalue weighted by Crippen LogP contribution is 2.29. The fourth-order valence-corrected chi connectivity index (χ4v) is 6.76. The molecule has 0 aliphatic heterocycles. The van der Waals surface area contributed by atoms with E-state index in [1.165, 1.54) is 6.26 Å². The molecule has 0 aliphatic rings. The summed E-state index contributed by atoms with van der Waals surface area (Å²) in [6.07, 6.45) is 3.03. The molecule has 1 N–H and O–H groups in total. The molecule has 0 fully saturated rings. The Morgan fingerprint density at radius 3 is 2.05 bits per heavy atom. The molecule has 0 heterocycles. The molecule has 0 radical (unpaired) electrons. The molecule has 0 amide bonds. The van der Waals surface area contributed by atoms with Gasteiger partial charge in [0.05, 0.1) is 17.1 Å². The summed E-state index contributed by atoms with van der Waals surface area (Å²) >= 11 is 0. The van der Waals surface area contributed by atoms with Crippen LogP contribution in [0.25, 0.3) is 0 Å². The molecule has 0 aromatic heterocycles. The fourth-order valence-electron chi connectivity index (χ4n) is 2.07. The van der Waals surface area contributed by atoms with Gasteiger partial charge >= 0.3 is 5.97 Å². The minimum Gasteiger partial charge on any atom is -0.549 e. The lowest BCUT2D eigenvalue weighted by molar-refractivity contribution is -0.230. The van der Waals surface area contributed by atoms with Gasteiger partial charge in [-0.25, -0.2) is 4.79 Å². The van der Waals surface area contributed by atoms with Gasteiger partial charge in [0.2, 0.25) is 8.32 Å². The van der Waals surface area contributed by atoms with Crippen molar-refractivity contribution in [3.05, 3.63) is 11.8 Å². The Hall–Kier alpha value is -0.419. The molecule has 5 nitrogen and oxygen atoms in total. The molecule has 8 heteroatoms. The van der Waals surface area contributed by atoms with Crippen molar-refractivity contribution in [3.8, 4) is 0 Å². The monoisotopic (exact) mass is 350 g/mol. The van der Waals surface area contributed by atoms with E-state index in [-0.39, 0.29) is 0 Å². The summed E-state index contributed by atoms with van der Waals surface area (Å²) in [6, 6.07) is 0. The summed E-state index contributed by atoms with van der Waals surface area (Å²) in [6.45, 7) is 14.4. The molecule has 0 spiro atoms. The predicted molar refractivity (Wildman–Crippen MR) is 93.2 cm³/mol. The summed E-state index contributed by atoms with van der Waals surface area (Å²) in [7, 11) is -3.09. The Kier molecular flexibility index (Phi) is 7.57. The van der Waals surface area contributed by atoms with Crippen LogP contribution < -0.4 is 0 Å². The zero-order chi connectivity index (χ0) is 16.9. The number of rotatable bonds is 8. The normalized spacial score (nSPS) is 16.5. The summed E-state index contributed by atoms with van der Waals surface area (Å²) in [5.41, 5.74) is 0.295. The maximum atomic E-state index is 12.0. The predicted octanol–water partition coefficient (Wildman–Crippen LogP) is 2.45. The van der Waals surface area contributed by atoms with Crippen molar-refractivity contribution < 1.29 is 23.8 Å². The van der Waals surface area contributed by atoms with Crippen LogP contribution in [0.1, 0.15) is 19.8 Å². The van der Waals surface area contributed by atoms with Gasteiger partial charge in [0.15, 0.2) is 8.32 Å². The van der Waals surface area contributed by atoms with E-state index in [9.17, 15) is 4.79 Å². The van der Waals surface area contributed by atoms with Crippen LogP contribution in [0.2, 0.25) is 39.3 Å². The third-order valence-electron chi connectivity index (χ3n) is 2.66. The van der Waals surface area contributed by atoms with Gasteiger partial charge in [0.1, 0.15) is 0 Å². The van der Waals surface area contributed by atoms with Crippen molar-refractivity contribution in [2.75, 3.05) is 0 Å². The first-order valence-corrected chi connectivity index (χ1v) is 15.1. The first kappa shape index (κ1) is 20.6. The number of hydrogen-bond acceptors (Lipinski definition) is 5. The highest BCUT2D eigenvalue weighted by molar-refractivity contribution is 6.70. The summed E-state index contributed by atoms with van der Waals surface area (Å²) in [4.78, 5) is 16.0. The van der Waals surface area contributed by atoms with Crippen molar-refractivity contribution in [2.45, 2.75) is 64.3 Å². The zero-order valence-corrected chi connectivity index (χ0v) is 18.6. The van der Waals surface area contributed by atoms with E-state index >= 15 is 0 Å². The largest absolute Gasteiger partial charge is 0.549 e. The Labute approximate surface area is 133 Å². The van der Waals surface area contributed by atoms with Gasteiger partial charge in [-0.1, -0.05) is 13.3 Å². The van der Waals surface area contributed by atoms with Crippen LogP contribution in [0.5, 0.6) is 0 Å². The molecular weight excluding hydrogens is 320 g/mol. The molecular formula is C13H30O5Si3. The van der Waals surface area contributed by atoms with E-state index in [1.54, 1.807) is 0 Å². The molecule has 0 aromatic rings. The van der Waals surface area contributed by atoms with Crippen molar-refractivity contribution in [2.24, 2.45) is 0 Å². The van der Waals surface area contributed by atoms with E-state index in [0.29, 0.717) is 22.2 Å². The Morgan fingerprint density at radius 2 is 1.71 bits per heavy atom. The fraction of sp³-hybridized carbons (Fsp3) is 0.769. The number of hydrogen-bond donors (Lipinski definition) is 1. The van der Waals surface area contributed by atoms with Gasteiger partial charge in [-0.2, -0.15) is 5.26 Å². The maximum Gasteiger partial charge on any atom is 0.374 e. The molecule has 0 rings (SSSR count). The highest BCUT2D eigenvalue weighted by atomic mass is 28.4.